The second-order valence-corrected chi connectivity index (χ2v) is 7.34. The third-order valence-corrected chi connectivity index (χ3v) is 5.58. The molecule has 24 heavy (non-hydrogen) atoms. The Hall–Kier alpha value is -1.53. The molecule has 1 heterocycles. The number of carbonyl (C=O) groups excluding carboxylic acids is 1. The number of rotatable bonds is 4. The summed E-state index contributed by atoms with van der Waals surface area (Å²) in [7, 11) is 0. The van der Waals surface area contributed by atoms with Gasteiger partial charge < -0.3 is 0 Å². The first-order valence-corrected chi connectivity index (χ1v) is 9.80. The van der Waals surface area contributed by atoms with Crippen LogP contribution in [-0.4, -0.2) is 17.1 Å². The van der Waals surface area contributed by atoms with Crippen molar-refractivity contribution in [3.8, 4) is 11.3 Å². The number of thioether (sulfide) groups is 1. The van der Waals surface area contributed by atoms with E-state index in [1.54, 1.807) is 18.2 Å². The van der Waals surface area contributed by atoms with Gasteiger partial charge in [0.2, 0.25) is 0 Å². The molecule has 1 amide bonds. The Kier molecular flexibility index (Phi) is 5.46. The number of aromatic nitrogens is 1. The van der Waals surface area contributed by atoms with Crippen LogP contribution in [0.2, 0.25) is 10.0 Å². The molecule has 0 saturated heterocycles. The van der Waals surface area contributed by atoms with Crippen LogP contribution in [0.15, 0.2) is 52.7 Å². The molecule has 3 rings (SSSR count). The molecule has 1 aromatic heterocycles. The van der Waals surface area contributed by atoms with Crippen molar-refractivity contribution < 1.29 is 4.79 Å². The normalized spacial score (nSPS) is 10.6. The molecule has 0 aliphatic heterocycles. The van der Waals surface area contributed by atoms with Crippen LogP contribution < -0.4 is 5.32 Å². The lowest BCUT2D eigenvalue weighted by Crippen LogP contribution is -2.12. The van der Waals surface area contributed by atoms with Gasteiger partial charge in [-0.15, -0.1) is 23.1 Å². The number of hydrogen-bond donors (Lipinski definition) is 1. The fraction of sp³-hybridized carbons (Fsp3) is 0.0588. The SMILES string of the molecule is CSc1ccccc1C(=O)Nc1nc(-c2ccc(Cl)c(Cl)c2)cs1. The predicted molar refractivity (Wildman–Crippen MR) is 104 cm³/mol. The Bertz CT molecular complexity index is 896. The maximum atomic E-state index is 12.4. The third-order valence-electron chi connectivity index (χ3n) is 3.29. The Morgan fingerprint density at radius 2 is 1.96 bits per heavy atom. The zero-order valence-electron chi connectivity index (χ0n) is 12.5. The standard InChI is InChI=1S/C17H12Cl2N2OS2/c1-23-15-5-3-2-4-11(15)16(22)21-17-20-14(9-24-17)10-6-7-12(18)13(19)8-10/h2-9H,1H3,(H,20,21,22). The summed E-state index contributed by atoms with van der Waals surface area (Å²) >= 11 is 14.9. The highest BCUT2D eigenvalue weighted by molar-refractivity contribution is 7.98. The Labute approximate surface area is 158 Å². The molecule has 1 N–H and O–H groups in total. The molecule has 0 saturated carbocycles. The largest absolute Gasteiger partial charge is 0.298 e. The van der Waals surface area contributed by atoms with Crippen molar-refractivity contribution in [3.05, 3.63) is 63.5 Å². The first-order valence-electron chi connectivity index (χ1n) is 6.94. The van der Waals surface area contributed by atoms with E-state index in [1.807, 2.05) is 35.9 Å². The second-order valence-electron chi connectivity index (χ2n) is 4.82. The van der Waals surface area contributed by atoms with Crippen LogP contribution in [-0.2, 0) is 0 Å². The van der Waals surface area contributed by atoms with E-state index in [4.69, 9.17) is 23.2 Å². The first-order chi connectivity index (χ1) is 11.6. The number of nitrogens with zero attached hydrogens (tertiary/aromatic N) is 1. The number of anilines is 1. The van der Waals surface area contributed by atoms with Gasteiger partial charge >= 0.3 is 0 Å². The van der Waals surface area contributed by atoms with E-state index >= 15 is 0 Å². The summed E-state index contributed by atoms with van der Waals surface area (Å²) in [6.07, 6.45) is 1.94. The molecule has 7 heteroatoms. The summed E-state index contributed by atoms with van der Waals surface area (Å²) in [5.41, 5.74) is 2.23. The van der Waals surface area contributed by atoms with E-state index in [9.17, 15) is 4.79 Å². The van der Waals surface area contributed by atoms with Crippen molar-refractivity contribution in [3.63, 3.8) is 0 Å². The summed E-state index contributed by atoms with van der Waals surface area (Å²) in [6, 6.07) is 12.8. The number of hydrogen-bond acceptors (Lipinski definition) is 4. The zero-order chi connectivity index (χ0) is 17.1. The van der Waals surface area contributed by atoms with Gasteiger partial charge in [-0.25, -0.2) is 4.98 Å². The van der Waals surface area contributed by atoms with Gasteiger partial charge in [0, 0.05) is 15.8 Å². The number of nitrogens with one attached hydrogen (secondary N) is 1. The quantitative estimate of drug-likeness (QED) is 0.544. The Morgan fingerprint density at radius 1 is 1.17 bits per heavy atom. The van der Waals surface area contributed by atoms with E-state index in [-0.39, 0.29) is 5.91 Å². The molecule has 0 unspecified atom stereocenters. The maximum Gasteiger partial charge on any atom is 0.258 e. The van der Waals surface area contributed by atoms with E-state index < -0.39 is 0 Å². The van der Waals surface area contributed by atoms with E-state index in [0.717, 1.165) is 16.2 Å². The highest BCUT2D eigenvalue weighted by Gasteiger charge is 2.13. The highest BCUT2D eigenvalue weighted by Crippen LogP contribution is 2.31. The second kappa shape index (κ2) is 7.57. The fourth-order valence-corrected chi connectivity index (χ4v) is 3.72. The van der Waals surface area contributed by atoms with E-state index in [0.29, 0.717) is 20.7 Å². The fourth-order valence-electron chi connectivity index (χ4n) is 2.12. The van der Waals surface area contributed by atoms with E-state index in [1.165, 1.54) is 23.1 Å². The minimum absolute atomic E-state index is 0.171. The molecule has 0 radical (unpaired) electrons. The number of thiazole rings is 1. The minimum Gasteiger partial charge on any atom is -0.298 e. The van der Waals surface area contributed by atoms with Gasteiger partial charge in [0.1, 0.15) is 0 Å². The van der Waals surface area contributed by atoms with Gasteiger partial charge in [-0.3, -0.25) is 10.1 Å². The molecular weight excluding hydrogens is 383 g/mol. The molecule has 0 fully saturated rings. The van der Waals surface area contributed by atoms with Crippen LogP contribution >= 0.6 is 46.3 Å². The average molecular weight is 395 g/mol. The average Bonchev–Trinajstić information content (AvgIpc) is 3.05. The minimum atomic E-state index is -0.171. The lowest BCUT2D eigenvalue weighted by atomic mass is 10.2. The van der Waals surface area contributed by atoms with Crippen molar-refractivity contribution in [1.29, 1.82) is 0 Å². The van der Waals surface area contributed by atoms with Gasteiger partial charge in [-0.2, -0.15) is 0 Å². The summed E-state index contributed by atoms with van der Waals surface area (Å²) in [4.78, 5) is 17.8. The molecule has 2 aromatic carbocycles. The maximum absolute atomic E-state index is 12.4. The number of benzene rings is 2. The van der Waals surface area contributed by atoms with Crippen LogP contribution in [0.25, 0.3) is 11.3 Å². The lowest BCUT2D eigenvalue weighted by molar-refractivity contribution is 0.102. The topological polar surface area (TPSA) is 42.0 Å². The molecule has 0 aliphatic rings. The molecule has 0 spiro atoms. The summed E-state index contributed by atoms with van der Waals surface area (Å²) in [5.74, 6) is -0.171. The number of amides is 1. The van der Waals surface area contributed by atoms with Gasteiger partial charge in [0.05, 0.1) is 21.3 Å². The first kappa shape index (κ1) is 17.3. The smallest absolute Gasteiger partial charge is 0.258 e. The number of carbonyl (C=O) groups is 1. The monoisotopic (exact) mass is 394 g/mol. The van der Waals surface area contributed by atoms with Crippen molar-refractivity contribution in [2.45, 2.75) is 4.90 Å². The molecule has 0 bridgehead atoms. The lowest BCUT2D eigenvalue weighted by Gasteiger charge is -2.06. The van der Waals surface area contributed by atoms with Crippen molar-refractivity contribution in [2.75, 3.05) is 11.6 Å². The van der Waals surface area contributed by atoms with Crippen molar-refractivity contribution in [1.82, 2.24) is 4.98 Å². The van der Waals surface area contributed by atoms with Crippen LogP contribution in [0.1, 0.15) is 10.4 Å². The third kappa shape index (κ3) is 3.75. The van der Waals surface area contributed by atoms with Gasteiger partial charge in [0.25, 0.3) is 5.91 Å². The van der Waals surface area contributed by atoms with Crippen LogP contribution in [0.4, 0.5) is 5.13 Å². The Balaban J connectivity index is 1.81. The van der Waals surface area contributed by atoms with Crippen LogP contribution in [0.5, 0.6) is 0 Å². The van der Waals surface area contributed by atoms with E-state index in [2.05, 4.69) is 10.3 Å². The number of halogens is 2. The molecular formula is C17H12Cl2N2OS2. The van der Waals surface area contributed by atoms with Crippen LogP contribution in [0, 0.1) is 0 Å². The molecule has 0 atom stereocenters. The zero-order valence-corrected chi connectivity index (χ0v) is 15.7. The molecule has 3 nitrogen and oxygen atoms in total. The summed E-state index contributed by atoms with van der Waals surface area (Å²) in [5, 5.41) is 6.23. The van der Waals surface area contributed by atoms with Gasteiger partial charge in [0.15, 0.2) is 5.13 Å². The summed E-state index contributed by atoms with van der Waals surface area (Å²) < 4.78 is 0. The van der Waals surface area contributed by atoms with Crippen molar-refractivity contribution >= 4 is 57.3 Å². The molecule has 3 aromatic rings. The molecule has 122 valence electrons. The van der Waals surface area contributed by atoms with Gasteiger partial charge in [-0.1, -0.05) is 41.4 Å². The highest BCUT2D eigenvalue weighted by atomic mass is 35.5. The molecule has 0 aliphatic carbocycles. The Morgan fingerprint density at radius 3 is 2.71 bits per heavy atom. The predicted octanol–water partition coefficient (Wildman–Crippen LogP) is 6.09. The summed E-state index contributed by atoms with van der Waals surface area (Å²) in [6.45, 7) is 0. The van der Waals surface area contributed by atoms with Crippen molar-refractivity contribution in [2.24, 2.45) is 0 Å². The van der Waals surface area contributed by atoms with Gasteiger partial charge in [-0.05, 0) is 30.5 Å². The van der Waals surface area contributed by atoms with Crippen LogP contribution in [0.3, 0.4) is 0 Å².